The highest BCUT2D eigenvalue weighted by atomic mass is 16.5. The molecule has 2 heterocycles. The lowest BCUT2D eigenvalue weighted by atomic mass is 9.94. The molecule has 0 aromatic heterocycles. The molecule has 3 rings (SSSR count). The predicted molar refractivity (Wildman–Crippen MR) is 139 cm³/mol. The molecule has 4 unspecified atom stereocenters. The molecule has 35 heavy (non-hydrogen) atoms. The number of unbranched alkanes of at least 4 members (excludes halogenated alkanes) is 1. The summed E-state index contributed by atoms with van der Waals surface area (Å²) in [6.07, 6.45) is 14.1. The molecule has 6 nitrogen and oxygen atoms in total. The van der Waals surface area contributed by atoms with Crippen molar-refractivity contribution in [2.45, 2.75) is 90.4 Å². The predicted octanol–water partition coefficient (Wildman–Crippen LogP) is 5.47. The molecule has 6 heteroatoms. The van der Waals surface area contributed by atoms with Gasteiger partial charge in [-0.1, -0.05) is 38.0 Å². The Morgan fingerprint density at radius 3 is 2.80 bits per heavy atom. The van der Waals surface area contributed by atoms with Crippen LogP contribution < -0.4 is 4.74 Å². The Morgan fingerprint density at radius 1 is 1.20 bits per heavy atom. The topological polar surface area (TPSA) is 91.5 Å². The molecule has 0 saturated carbocycles. The normalized spacial score (nSPS) is 19.6. The number of aryl methyl sites for hydroxylation is 1. The zero-order valence-corrected chi connectivity index (χ0v) is 21.3. The maximum atomic E-state index is 10.2. The van der Waals surface area contributed by atoms with E-state index < -0.39 is 12.2 Å². The Labute approximate surface area is 210 Å². The van der Waals surface area contributed by atoms with E-state index in [9.17, 15) is 15.3 Å². The van der Waals surface area contributed by atoms with Gasteiger partial charge in [0.1, 0.15) is 12.2 Å². The smallest absolute Gasteiger partial charge is 0.176 e. The molecular formula is C29H41NO5. The summed E-state index contributed by atoms with van der Waals surface area (Å²) in [6.45, 7) is 6.32. The van der Waals surface area contributed by atoms with Crippen molar-refractivity contribution in [3.05, 3.63) is 59.7 Å². The van der Waals surface area contributed by atoms with Crippen LogP contribution in [0, 0.1) is 18.4 Å². The molecule has 0 spiro atoms. The van der Waals surface area contributed by atoms with E-state index in [0.717, 1.165) is 48.6 Å². The highest BCUT2D eigenvalue weighted by Crippen LogP contribution is 2.31. The standard InChI is InChI=1S/C29H41NO5/c1-4-5-6-25-11-12-26(35-25)10-8-22-9-14-28(33)29(17-22)34-16-15-24-18-23(19-30-24)20(2)7-13-27(32)21(3)31/h9,11-12,14,17-21,25,27,31-33H,4-8,10,13,15-16H2,1-3H3. The van der Waals surface area contributed by atoms with Gasteiger partial charge in [-0.05, 0) is 57.2 Å². The van der Waals surface area contributed by atoms with Gasteiger partial charge in [0, 0.05) is 12.0 Å². The van der Waals surface area contributed by atoms with E-state index >= 15 is 0 Å². The minimum absolute atomic E-state index is 0.138. The number of aromatic hydroxyl groups is 1. The third kappa shape index (κ3) is 8.55. The summed E-state index contributed by atoms with van der Waals surface area (Å²) in [5.41, 5.74) is 2.22. The molecule has 2 aliphatic rings. The Balaban J connectivity index is 1.41. The fourth-order valence-electron chi connectivity index (χ4n) is 4.21. The van der Waals surface area contributed by atoms with Crippen LogP contribution >= 0.6 is 0 Å². The molecule has 0 amide bonds. The van der Waals surface area contributed by atoms with Gasteiger partial charge in [-0.3, -0.25) is 0 Å². The summed E-state index contributed by atoms with van der Waals surface area (Å²) in [4.78, 5) is 4.49. The first-order valence-electron chi connectivity index (χ1n) is 13.0. The van der Waals surface area contributed by atoms with Crippen LogP contribution in [0.25, 0.3) is 0 Å². The summed E-state index contributed by atoms with van der Waals surface area (Å²) in [5.74, 6) is 1.90. The van der Waals surface area contributed by atoms with Crippen LogP contribution in [0.4, 0.5) is 0 Å². The van der Waals surface area contributed by atoms with Crippen molar-refractivity contribution < 1.29 is 24.8 Å². The Bertz CT molecular complexity index is 891. The van der Waals surface area contributed by atoms with E-state index in [-0.39, 0.29) is 17.8 Å². The van der Waals surface area contributed by atoms with Crippen molar-refractivity contribution in [1.82, 2.24) is 0 Å². The second kappa shape index (κ2) is 13.5. The highest BCUT2D eigenvalue weighted by molar-refractivity contribution is 5.83. The van der Waals surface area contributed by atoms with Crippen LogP contribution in [-0.4, -0.2) is 46.5 Å². The summed E-state index contributed by atoms with van der Waals surface area (Å²) in [5, 5.41) is 29.5. The number of rotatable bonds is 15. The van der Waals surface area contributed by atoms with Gasteiger partial charge in [0.2, 0.25) is 0 Å². The van der Waals surface area contributed by atoms with E-state index in [1.807, 2.05) is 18.3 Å². The van der Waals surface area contributed by atoms with Gasteiger partial charge < -0.3 is 24.8 Å². The molecule has 0 bridgehead atoms. The maximum absolute atomic E-state index is 10.2. The molecule has 1 aromatic rings. The number of allylic oxidation sites excluding steroid dienone is 2. The molecule has 0 fully saturated rings. The number of ether oxygens (including phenoxy) is 2. The molecule has 4 atom stereocenters. The molecule has 2 aliphatic heterocycles. The molecule has 192 valence electrons. The van der Waals surface area contributed by atoms with Crippen LogP contribution in [0.15, 0.2) is 46.7 Å². The van der Waals surface area contributed by atoms with Crippen molar-refractivity contribution >= 4 is 6.21 Å². The summed E-state index contributed by atoms with van der Waals surface area (Å²) in [7, 11) is 0. The third-order valence-electron chi connectivity index (χ3n) is 6.68. The van der Waals surface area contributed by atoms with Crippen molar-refractivity contribution in [3.8, 4) is 11.5 Å². The quantitative estimate of drug-likeness (QED) is 0.288. The largest absolute Gasteiger partial charge is 0.592 e. The Morgan fingerprint density at radius 2 is 2.03 bits per heavy atom. The highest BCUT2D eigenvalue weighted by Gasteiger charge is 2.26. The SMILES string of the molecule is CCCCC1[CH-]C=C(CCc2ccc(O)c(OCC[C+]3C=C(C(C)CCC(O)C(C)O)C=N3)c2)O1. The first-order valence-corrected chi connectivity index (χ1v) is 13.0. The molecule has 0 radical (unpaired) electrons. The number of benzene rings is 1. The van der Waals surface area contributed by atoms with Gasteiger partial charge in [-0.15, -0.1) is 4.99 Å². The van der Waals surface area contributed by atoms with E-state index in [0.29, 0.717) is 25.2 Å². The number of phenolic OH excluding ortho intramolecular Hbond substituents is 1. The van der Waals surface area contributed by atoms with E-state index in [4.69, 9.17) is 9.47 Å². The molecule has 1 aromatic carbocycles. The van der Waals surface area contributed by atoms with Gasteiger partial charge in [-0.2, -0.15) is 12.5 Å². The average Bonchev–Trinajstić information content (AvgIpc) is 3.51. The lowest BCUT2D eigenvalue weighted by Crippen LogP contribution is -2.23. The summed E-state index contributed by atoms with van der Waals surface area (Å²) < 4.78 is 11.9. The van der Waals surface area contributed by atoms with Crippen LogP contribution in [0.2, 0.25) is 0 Å². The van der Waals surface area contributed by atoms with Gasteiger partial charge in [0.25, 0.3) is 0 Å². The molecule has 0 aliphatic carbocycles. The van der Waals surface area contributed by atoms with E-state index in [1.54, 1.807) is 13.0 Å². The second-order valence-electron chi connectivity index (χ2n) is 9.70. The number of aliphatic imine (C=N–C) groups is 1. The van der Waals surface area contributed by atoms with E-state index in [2.05, 4.69) is 37.4 Å². The van der Waals surface area contributed by atoms with Crippen LogP contribution in [0.5, 0.6) is 11.5 Å². The van der Waals surface area contributed by atoms with Gasteiger partial charge in [0.15, 0.2) is 23.8 Å². The number of aliphatic hydroxyl groups is 2. The average molecular weight is 484 g/mol. The first kappa shape index (κ1) is 27.0. The summed E-state index contributed by atoms with van der Waals surface area (Å²) in [6, 6.07) is 6.46. The lowest BCUT2D eigenvalue weighted by Gasteiger charge is -2.20. The Kier molecular flexibility index (Phi) is 10.4. The van der Waals surface area contributed by atoms with Crippen LogP contribution in [0.3, 0.4) is 0 Å². The minimum atomic E-state index is -0.711. The number of nitrogens with zero attached hydrogens (tertiary/aromatic N) is 1. The molecular weight excluding hydrogens is 442 g/mol. The number of aliphatic hydroxyl groups excluding tert-OH is 2. The van der Waals surface area contributed by atoms with Crippen molar-refractivity contribution in [3.63, 3.8) is 0 Å². The van der Waals surface area contributed by atoms with Gasteiger partial charge in [-0.25, -0.2) is 0 Å². The van der Waals surface area contributed by atoms with Gasteiger partial charge >= 0.3 is 0 Å². The van der Waals surface area contributed by atoms with Crippen molar-refractivity contribution in [2.24, 2.45) is 10.9 Å². The monoisotopic (exact) mass is 483 g/mol. The van der Waals surface area contributed by atoms with Crippen LogP contribution in [0.1, 0.15) is 71.3 Å². The maximum Gasteiger partial charge on any atom is 0.176 e. The van der Waals surface area contributed by atoms with Crippen LogP contribution in [-0.2, 0) is 11.2 Å². The molecule has 0 saturated heterocycles. The van der Waals surface area contributed by atoms with E-state index in [1.165, 1.54) is 12.8 Å². The second-order valence-corrected chi connectivity index (χ2v) is 9.70. The number of hydrogen-bond donors (Lipinski definition) is 3. The first-order chi connectivity index (χ1) is 16.9. The Hall–Kier alpha value is -2.57. The fraction of sp³-hybridized carbons (Fsp3) is 0.552. The zero-order valence-electron chi connectivity index (χ0n) is 21.3. The lowest BCUT2D eigenvalue weighted by molar-refractivity contribution is 0.0235. The molecule has 3 N–H and O–H groups in total. The van der Waals surface area contributed by atoms with Gasteiger partial charge in [0.05, 0.1) is 24.7 Å². The zero-order chi connectivity index (χ0) is 25.2. The number of phenols is 1. The van der Waals surface area contributed by atoms with Crippen molar-refractivity contribution in [1.29, 1.82) is 0 Å². The fourth-order valence-corrected chi connectivity index (χ4v) is 4.21. The third-order valence-corrected chi connectivity index (χ3v) is 6.68. The minimum Gasteiger partial charge on any atom is -0.592 e. The number of hydrogen-bond acceptors (Lipinski definition) is 6. The van der Waals surface area contributed by atoms with Crippen molar-refractivity contribution in [2.75, 3.05) is 6.61 Å². The summed E-state index contributed by atoms with van der Waals surface area (Å²) >= 11 is 0.